The highest BCUT2D eigenvalue weighted by Crippen LogP contribution is 2.40. The molecule has 0 N–H and O–H groups in total. The lowest BCUT2D eigenvalue weighted by Gasteiger charge is -2.30. The molecule has 0 aliphatic carbocycles. The first kappa shape index (κ1) is 20.8. The highest BCUT2D eigenvalue weighted by Gasteiger charge is 2.30. The van der Waals surface area contributed by atoms with Crippen molar-refractivity contribution in [2.45, 2.75) is 16.2 Å². The van der Waals surface area contributed by atoms with Gasteiger partial charge in [0.05, 0.1) is 24.3 Å². The Morgan fingerprint density at radius 3 is 2.50 bits per heavy atom. The van der Waals surface area contributed by atoms with Gasteiger partial charge in [-0.3, -0.25) is 4.31 Å². The smallest absolute Gasteiger partial charge is 0.264 e. The van der Waals surface area contributed by atoms with Crippen molar-refractivity contribution in [1.82, 2.24) is 4.90 Å². The Bertz CT molecular complexity index is 899. The van der Waals surface area contributed by atoms with Gasteiger partial charge in [-0.2, -0.15) is 0 Å². The Morgan fingerprint density at radius 2 is 1.82 bits per heavy atom. The number of hydrogen-bond acceptors (Lipinski definition) is 6. The molecule has 0 saturated carbocycles. The van der Waals surface area contributed by atoms with E-state index < -0.39 is 10.0 Å². The molecule has 8 heteroatoms. The Hall–Kier alpha value is -1.90. The molecule has 0 aromatic heterocycles. The predicted octanol–water partition coefficient (Wildman–Crippen LogP) is 3.33. The SMILES string of the molecule is COc1ccc(S(=O)(=O)N2CCSc3ccc(OCCCN(C)C)cc32)cc1. The van der Waals surface area contributed by atoms with E-state index in [4.69, 9.17) is 9.47 Å². The minimum absolute atomic E-state index is 0.253. The van der Waals surface area contributed by atoms with E-state index in [1.54, 1.807) is 43.1 Å². The van der Waals surface area contributed by atoms with E-state index in [0.717, 1.165) is 17.9 Å². The zero-order valence-electron chi connectivity index (χ0n) is 16.4. The molecule has 0 atom stereocenters. The standard InChI is InChI=1S/C20H26N2O4S2/c1-21(2)11-4-13-26-17-7-10-20-19(15-17)22(12-14-27-20)28(23,24)18-8-5-16(25-3)6-9-18/h5-10,15H,4,11-14H2,1-3H3. The number of rotatable bonds is 8. The maximum atomic E-state index is 13.2. The Morgan fingerprint density at radius 1 is 1.11 bits per heavy atom. The molecule has 6 nitrogen and oxygen atoms in total. The van der Waals surface area contributed by atoms with Crippen molar-refractivity contribution in [1.29, 1.82) is 0 Å². The molecule has 152 valence electrons. The number of benzene rings is 2. The molecule has 0 saturated heterocycles. The summed E-state index contributed by atoms with van der Waals surface area (Å²) in [5, 5.41) is 0. The third-order valence-electron chi connectivity index (χ3n) is 4.42. The number of methoxy groups -OCH3 is 1. The van der Waals surface area contributed by atoms with Crippen LogP contribution in [0.4, 0.5) is 5.69 Å². The fourth-order valence-corrected chi connectivity index (χ4v) is 5.58. The van der Waals surface area contributed by atoms with Gasteiger partial charge in [-0.15, -0.1) is 11.8 Å². The highest BCUT2D eigenvalue weighted by molar-refractivity contribution is 8.00. The molecular weight excluding hydrogens is 396 g/mol. The van der Waals surface area contributed by atoms with Gasteiger partial charge in [0.1, 0.15) is 11.5 Å². The van der Waals surface area contributed by atoms with Crippen LogP contribution in [0.5, 0.6) is 11.5 Å². The number of fused-ring (bicyclic) bond motifs is 1. The normalized spacial score (nSPS) is 14.1. The number of nitrogens with zero attached hydrogens (tertiary/aromatic N) is 2. The minimum atomic E-state index is -3.65. The van der Waals surface area contributed by atoms with Gasteiger partial charge in [0, 0.05) is 29.8 Å². The van der Waals surface area contributed by atoms with Crippen LogP contribution >= 0.6 is 11.8 Å². The van der Waals surface area contributed by atoms with E-state index in [1.807, 2.05) is 32.3 Å². The van der Waals surface area contributed by atoms with Crippen molar-refractivity contribution < 1.29 is 17.9 Å². The number of thioether (sulfide) groups is 1. The van der Waals surface area contributed by atoms with Crippen molar-refractivity contribution in [2.75, 3.05) is 51.0 Å². The quantitative estimate of drug-likeness (QED) is 0.608. The molecule has 2 aromatic carbocycles. The second-order valence-electron chi connectivity index (χ2n) is 6.74. The van der Waals surface area contributed by atoms with Gasteiger partial charge in [-0.05, 0) is 56.9 Å². The molecule has 0 amide bonds. The maximum absolute atomic E-state index is 13.2. The summed E-state index contributed by atoms with van der Waals surface area (Å²) in [6.45, 7) is 1.96. The summed E-state index contributed by atoms with van der Waals surface area (Å²) in [5.41, 5.74) is 0.678. The highest BCUT2D eigenvalue weighted by atomic mass is 32.2. The summed E-state index contributed by atoms with van der Waals surface area (Å²) in [4.78, 5) is 3.31. The van der Waals surface area contributed by atoms with Gasteiger partial charge in [0.2, 0.25) is 0 Å². The molecule has 0 unspecified atom stereocenters. The molecule has 0 bridgehead atoms. The van der Waals surface area contributed by atoms with E-state index in [0.29, 0.717) is 36.1 Å². The monoisotopic (exact) mass is 422 g/mol. The van der Waals surface area contributed by atoms with Gasteiger partial charge >= 0.3 is 0 Å². The van der Waals surface area contributed by atoms with Gasteiger partial charge in [-0.25, -0.2) is 8.42 Å². The van der Waals surface area contributed by atoms with Crippen LogP contribution in [0.2, 0.25) is 0 Å². The summed E-state index contributed by atoms with van der Waals surface area (Å²) in [6, 6.07) is 12.2. The predicted molar refractivity (Wildman–Crippen MR) is 113 cm³/mol. The topological polar surface area (TPSA) is 59.1 Å². The molecule has 1 heterocycles. The van der Waals surface area contributed by atoms with E-state index in [2.05, 4.69) is 4.90 Å². The molecule has 0 fully saturated rings. The first-order valence-corrected chi connectivity index (χ1v) is 11.6. The summed E-state index contributed by atoms with van der Waals surface area (Å²) in [5.74, 6) is 2.03. The van der Waals surface area contributed by atoms with Crippen molar-refractivity contribution in [2.24, 2.45) is 0 Å². The van der Waals surface area contributed by atoms with Crippen LogP contribution in [0.25, 0.3) is 0 Å². The zero-order valence-corrected chi connectivity index (χ0v) is 18.1. The molecule has 0 spiro atoms. The van der Waals surface area contributed by atoms with E-state index in [9.17, 15) is 8.42 Å². The molecule has 2 aromatic rings. The van der Waals surface area contributed by atoms with Crippen molar-refractivity contribution in [3.8, 4) is 11.5 Å². The van der Waals surface area contributed by atoms with Crippen LogP contribution in [0.1, 0.15) is 6.42 Å². The second kappa shape index (κ2) is 9.07. The third-order valence-corrected chi connectivity index (χ3v) is 7.29. The summed E-state index contributed by atoms with van der Waals surface area (Å²) >= 11 is 1.66. The summed E-state index contributed by atoms with van der Waals surface area (Å²) < 4.78 is 38.9. The van der Waals surface area contributed by atoms with Gasteiger partial charge < -0.3 is 14.4 Å². The van der Waals surface area contributed by atoms with Crippen LogP contribution in [-0.2, 0) is 10.0 Å². The van der Waals surface area contributed by atoms with E-state index in [1.165, 1.54) is 4.31 Å². The van der Waals surface area contributed by atoms with Crippen molar-refractivity contribution in [3.05, 3.63) is 42.5 Å². The number of sulfonamides is 1. The Kier molecular flexibility index (Phi) is 6.74. The van der Waals surface area contributed by atoms with Gasteiger partial charge in [-0.1, -0.05) is 0 Å². The summed E-state index contributed by atoms with van der Waals surface area (Å²) in [6.07, 6.45) is 0.909. The van der Waals surface area contributed by atoms with E-state index in [-0.39, 0.29) is 4.90 Å². The lowest BCUT2D eigenvalue weighted by molar-refractivity contribution is 0.281. The second-order valence-corrected chi connectivity index (χ2v) is 9.74. The van der Waals surface area contributed by atoms with Crippen LogP contribution in [0.3, 0.4) is 0 Å². The molecular formula is C20H26N2O4S2. The average Bonchev–Trinajstić information content (AvgIpc) is 2.70. The van der Waals surface area contributed by atoms with Gasteiger partial charge in [0.25, 0.3) is 10.0 Å². The molecule has 3 rings (SSSR count). The average molecular weight is 423 g/mol. The molecule has 1 aliphatic rings. The fraction of sp³-hybridized carbons (Fsp3) is 0.400. The van der Waals surface area contributed by atoms with Crippen LogP contribution in [0.15, 0.2) is 52.3 Å². The molecule has 1 aliphatic heterocycles. The van der Waals surface area contributed by atoms with Gasteiger partial charge in [0.15, 0.2) is 0 Å². The first-order chi connectivity index (χ1) is 13.4. The molecule has 0 radical (unpaired) electrons. The zero-order chi connectivity index (χ0) is 20.1. The van der Waals surface area contributed by atoms with Crippen LogP contribution in [-0.4, -0.2) is 60.0 Å². The Labute approximate surface area is 171 Å². The van der Waals surface area contributed by atoms with Crippen LogP contribution < -0.4 is 13.8 Å². The van der Waals surface area contributed by atoms with Crippen LogP contribution in [0, 0.1) is 0 Å². The number of hydrogen-bond donors (Lipinski definition) is 0. The maximum Gasteiger partial charge on any atom is 0.264 e. The number of anilines is 1. The lowest BCUT2D eigenvalue weighted by atomic mass is 10.3. The first-order valence-electron chi connectivity index (χ1n) is 9.13. The largest absolute Gasteiger partial charge is 0.497 e. The third kappa shape index (κ3) is 4.74. The minimum Gasteiger partial charge on any atom is -0.497 e. The van der Waals surface area contributed by atoms with Crippen molar-refractivity contribution >= 4 is 27.5 Å². The molecule has 28 heavy (non-hydrogen) atoms. The Balaban J connectivity index is 1.83. The van der Waals surface area contributed by atoms with Crippen molar-refractivity contribution in [3.63, 3.8) is 0 Å². The van der Waals surface area contributed by atoms with E-state index >= 15 is 0 Å². The lowest BCUT2D eigenvalue weighted by Crippen LogP contribution is -2.35. The fourth-order valence-electron chi connectivity index (χ4n) is 2.96. The number of ether oxygens (including phenoxy) is 2. The summed E-state index contributed by atoms with van der Waals surface area (Å²) in [7, 11) is 1.96.